The zero-order valence-corrected chi connectivity index (χ0v) is 11.1. The molecule has 0 spiro atoms. The number of aliphatic carboxylic acids is 1. The van der Waals surface area contributed by atoms with E-state index < -0.39 is 5.97 Å². The number of nitrogens with zero attached hydrogens (tertiary/aromatic N) is 2. The van der Waals surface area contributed by atoms with Crippen molar-refractivity contribution in [2.24, 2.45) is 0 Å². The van der Waals surface area contributed by atoms with E-state index in [1.807, 2.05) is 20.8 Å². The van der Waals surface area contributed by atoms with E-state index in [9.17, 15) is 9.90 Å². The minimum absolute atomic E-state index is 0.0318. The molecule has 0 aliphatic rings. The molecule has 0 aliphatic carbocycles. The molecular formula is C14H16N2O3. The lowest BCUT2D eigenvalue weighted by Crippen LogP contribution is -2.03. The third kappa shape index (κ3) is 2.45. The second-order valence-electron chi connectivity index (χ2n) is 4.60. The number of carbonyl (C=O) groups is 1. The Bertz CT molecular complexity index is 644. The van der Waals surface area contributed by atoms with Crippen molar-refractivity contribution in [1.29, 1.82) is 0 Å². The summed E-state index contributed by atoms with van der Waals surface area (Å²) in [5, 5.41) is 23.1. The second kappa shape index (κ2) is 4.76. The van der Waals surface area contributed by atoms with Crippen LogP contribution in [0.4, 0.5) is 0 Å². The summed E-state index contributed by atoms with van der Waals surface area (Å²) in [7, 11) is 0. The van der Waals surface area contributed by atoms with Crippen molar-refractivity contribution in [3.8, 4) is 11.4 Å². The Morgan fingerprint density at radius 3 is 2.47 bits per heavy atom. The van der Waals surface area contributed by atoms with Gasteiger partial charge in [0.05, 0.1) is 12.1 Å². The molecule has 2 rings (SSSR count). The molecular weight excluding hydrogens is 244 g/mol. The number of aromatic hydroxyl groups is 1. The first kappa shape index (κ1) is 13.1. The van der Waals surface area contributed by atoms with Gasteiger partial charge in [-0.1, -0.05) is 6.07 Å². The van der Waals surface area contributed by atoms with Crippen molar-refractivity contribution in [2.45, 2.75) is 27.2 Å². The molecule has 0 aliphatic heterocycles. The highest BCUT2D eigenvalue weighted by Crippen LogP contribution is 2.26. The van der Waals surface area contributed by atoms with Gasteiger partial charge in [-0.25, -0.2) is 4.68 Å². The maximum Gasteiger partial charge on any atom is 0.307 e. The van der Waals surface area contributed by atoms with E-state index in [1.54, 1.807) is 16.8 Å². The van der Waals surface area contributed by atoms with Crippen LogP contribution in [0.15, 0.2) is 18.2 Å². The molecule has 5 nitrogen and oxygen atoms in total. The molecule has 0 saturated carbocycles. The summed E-state index contributed by atoms with van der Waals surface area (Å²) in [6, 6.07) is 4.84. The Morgan fingerprint density at radius 2 is 2.00 bits per heavy atom. The minimum atomic E-state index is -0.922. The van der Waals surface area contributed by atoms with Gasteiger partial charge >= 0.3 is 5.97 Å². The number of carboxylic acid groups (broad SMARTS) is 1. The van der Waals surface area contributed by atoms with Gasteiger partial charge in [0.15, 0.2) is 0 Å². The van der Waals surface area contributed by atoms with Crippen molar-refractivity contribution in [3.63, 3.8) is 0 Å². The first-order valence-corrected chi connectivity index (χ1v) is 5.97. The predicted molar refractivity (Wildman–Crippen MR) is 70.8 cm³/mol. The van der Waals surface area contributed by atoms with E-state index in [1.165, 1.54) is 6.07 Å². The largest absolute Gasteiger partial charge is 0.506 e. The van der Waals surface area contributed by atoms with Gasteiger partial charge < -0.3 is 10.2 Å². The molecule has 2 N–H and O–H groups in total. The van der Waals surface area contributed by atoms with Gasteiger partial charge in [-0.2, -0.15) is 5.10 Å². The van der Waals surface area contributed by atoms with Crippen LogP contribution in [0.3, 0.4) is 0 Å². The average Bonchev–Trinajstić information content (AvgIpc) is 2.56. The molecule has 0 unspecified atom stereocenters. The van der Waals surface area contributed by atoms with E-state index in [-0.39, 0.29) is 12.2 Å². The predicted octanol–water partition coefficient (Wildman–Crippen LogP) is 2.13. The lowest BCUT2D eigenvalue weighted by molar-refractivity contribution is -0.136. The maximum absolute atomic E-state index is 10.6. The number of phenolic OH excluding ortho intramolecular Hbond substituents is 1. The molecule has 2 aromatic rings. The second-order valence-corrected chi connectivity index (χ2v) is 4.60. The van der Waals surface area contributed by atoms with Gasteiger partial charge in [0, 0.05) is 5.69 Å². The molecule has 100 valence electrons. The monoisotopic (exact) mass is 260 g/mol. The summed E-state index contributed by atoms with van der Waals surface area (Å²) in [4.78, 5) is 10.6. The number of phenols is 1. The van der Waals surface area contributed by atoms with Gasteiger partial charge in [0.25, 0.3) is 0 Å². The SMILES string of the molecule is Cc1nn(-c2ccc(CC(=O)O)cc2O)c(C)c1C. The molecule has 0 fully saturated rings. The van der Waals surface area contributed by atoms with Crippen molar-refractivity contribution in [3.05, 3.63) is 40.7 Å². The third-order valence-electron chi connectivity index (χ3n) is 3.28. The highest BCUT2D eigenvalue weighted by molar-refractivity contribution is 5.70. The van der Waals surface area contributed by atoms with Crippen LogP contribution in [0.25, 0.3) is 5.69 Å². The number of aryl methyl sites for hydroxylation is 1. The Balaban J connectivity index is 2.46. The molecule has 0 atom stereocenters. The molecule has 0 bridgehead atoms. The zero-order valence-electron chi connectivity index (χ0n) is 11.1. The van der Waals surface area contributed by atoms with Crippen molar-refractivity contribution >= 4 is 5.97 Å². The van der Waals surface area contributed by atoms with Gasteiger partial charge in [0.2, 0.25) is 0 Å². The molecule has 1 aromatic heterocycles. The van der Waals surface area contributed by atoms with E-state index in [2.05, 4.69) is 5.10 Å². The van der Waals surface area contributed by atoms with E-state index in [4.69, 9.17) is 5.11 Å². The summed E-state index contributed by atoms with van der Waals surface area (Å²) in [6.45, 7) is 5.82. The van der Waals surface area contributed by atoms with Crippen LogP contribution >= 0.6 is 0 Å². The standard InChI is InChI=1S/C14H16N2O3/c1-8-9(2)15-16(10(8)3)12-5-4-11(6-13(12)17)7-14(18)19/h4-6,17H,7H2,1-3H3,(H,18,19). The van der Waals surface area contributed by atoms with Crippen molar-refractivity contribution in [1.82, 2.24) is 9.78 Å². The number of aromatic nitrogens is 2. The fourth-order valence-corrected chi connectivity index (χ4v) is 1.99. The third-order valence-corrected chi connectivity index (χ3v) is 3.28. The van der Waals surface area contributed by atoms with Gasteiger partial charge in [-0.3, -0.25) is 4.79 Å². The van der Waals surface area contributed by atoms with Crippen LogP contribution in [0.2, 0.25) is 0 Å². The summed E-state index contributed by atoms with van der Waals surface area (Å²) in [5.41, 5.74) is 4.06. The average molecular weight is 260 g/mol. The Morgan fingerprint density at radius 1 is 1.32 bits per heavy atom. The number of hydrogen-bond acceptors (Lipinski definition) is 3. The van der Waals surface area contributed by atoms with Crippen LogP contribution in [0, 0.1) is 20.8 Å². The quantitative estimate of drug-likeness (QED) is 0.886. The number of hydrogen-bond donors (Lipinski definition) is 2. The molecule has 5 heteroatoms. The highest BCUT2D eigenvalue weighted by atomic mass is 16.4. The van der Waals surface area contributed by atoms with Crippen LogP contribution in [0.1, 0.15) is 22.5 Å². The Kier molecular flexibility index (Phi) is 3.29. The van der Waals surface area contributed by atoms with Crippen molar-refractivity contribution < 1.29 is 15.0 Å². The topological polar surface area (TPSA) is 75.4 Å². The van der Waals surface area contributed by atoms with Crippen molar-refractivity contribution in [2.75, 3.05) is 0 Å². The van der Waals surface area contributed by atoms with Crippen LogP contribution in [-0.2, 0) is 11.2 Å². The van der Waals surface area contributed by atoms with Crippen LogP contribution in [-0.4, -0.2) is 26.0 Å². The highest BCUT2D eigenvalue weighted by Gasteiger charge is 2.13. The summed E-state index contributed by atoms with van der Waals surface area (Å²) < 4.78 is 1.67. The molecule has 1 heterocycles. The molecule has 1 aromatic carbocycles. The number of benzene rings is 1. The van der Waals surface area contributed by atoms with Gasteiger partial charge in [-0.15, -0.1) is 0 Å². The minimum Gasteiger partial charge on any atom is -0.506 e. The molecule has 0 amide bonds. The summed E-state index contributed by atoms with van der Waals surface area (Å²) in [5.74, 6) is -0.890. The van der Waals surface area contributed by atoms with Crippen LogP contribution in [0.5, 0.6) is 5.75 Å². The number of rotatable bonds is 3. The maximum atomic E-state index is 10.6. The van der Waals surface area contributed by atoms with E-state index >= 15 is 0 Å². The van der Waals surface area contributed by atoms with Gasteiger partial charge in [-0.05, 0) is 44.0 Å². The first-order chi connectivity index (χ1) is 8.90. The Hall–Kier alpha value is -2.30. The van der Waals surface area contributed by atoms with Crippen LogP contribution < -0.4 is 0 Å². The van der Waals surface area contributed by atoms with Gasteiger partial charge in [0.1, 0.15) is 11.4 Å². The lowest BCUT2D eigenvalue weighted by Gasteiger charge is -2.08. The zero-order chi connectivity index (χ0) is 14.2. The first-order valence-electron chi connectivity index (χ1n) is 5.97. The van der Waals surface area contributed by atoms with E-state index in [0.29, 0.717) is 11.3 Å². The molecule has 19 heavy (non-hydrogen) atoms. The molecule has 0 radical (unpaired) electrons. The lowest BCUT2D eigenvalue weighted by atomic mass is 10.1. The smallest absolute Gasteiger partial charge is 0.307 e. The normalized spacial score (nSPS) is 10.7. The molecule has 0 saturated heterocycles. The fourth-order valence-electron chi connectivity index (χ4n) is 1.99. The van der Waals surface area contributed by atoms with E-state index in [0.717, 1.165) is 17.0 Å². The Labute approximate surface area is 111 Å². The summed E-state index contributed by atoms with van der Waals surface area (Å²) in [6.07, 6.45) is -0.107. The fraction of sp³-hybridized carbons (Fsp3) is 0.286. The summed E-state index contributed by atoms with van der Waals surface area (Å²) >= 11 is 0. The number of carboxylic acids is 1.